The van der Waals surface area contributed by atoms with Gasteiger partial charge in [-0.15, -0.1) is 0 Å². The highest BCUT2D eigenvalue weighted by Gasteiger charge is 2.38. The van der Waals surface area contributed by atoms with Crippen molar-refractivity contribution >= 4 is 23.3 Å². The molecule has 1 radical (unpaired) electrons. The molecule has 1 aliphatic carbocycles. The van der Waals surface area contributed by atoms with Crippen LogP contribution in [0.2, 0.25) is 0 Å². The monoisotopic (exact) mass is 482 g/mol. The third kappa shape index (κ3) is 8.51. The van der Waals surface area contributed by atoms with Gasteiger partial charge in [-0.3, -0.25) is 19.2 Å². The fourth-order valence-corrected chi connectivity index (χ4v) is 4.38. The van der Waals surface area contributed by atoms with Crippen molar-refractivity contribution in [1.82, 2.24) is 5.32 Å². The normalized spacial score (nSPS) is 18.2. The van der Waals surface area contributed by atoms with Gasteiger partial charge in [0.15, 0.2) is 17.3 Å². The maximum absolute atomic E-state index is 13.6. The average molecular weight is 483 g/mol. The van der Waals surface area contributed by atoms with Crippen LogP contribution >= 0.6 is 0 Å². The van der Waals surface area contributed by atoms with Gasteiger partial charge in [0.25, 0.3) is 0 Å². The number of hydrogen-bond acceptors (Lipinski definition) is 6. The fraction of sp³-hybridized carbons (Fsp3) is 0.571. The van der Waals surface area contributed by atoms with E-state index < -0.39 is 29.3 Å². The largest absolute Gasteiger partial charge is 0.345 e. The number of allylic oxidation sites excluding steroid dienone is 2. The zero-order valence-corrected chi connectivity index (χ0v) is 21.4. The van der Waals surface area contributed by atoms with E-state index in [-0.39, 0.29) is 41.7 Å². The van der Waals surface area contributed by atoms with Crippen LogP contribution in [0.25, 0.3) is 0 Å². The van der Waals surface area contributed by atoms with Gasteiger partial charge in [-0.25, -0.2) is 0 Å². The molecule has 0 heterocycles. The molecule has 1 aliphatic rings. The van der Waals surface area contributed by atoms with E-state index >= 15 is 0 Å². The van der Waals surface area contributed by atoms with Gasteiger partial charge < -0.3 is 16.8 Å². The smallest absolute Gasteiger partial charge is 0.237 e. The van der Waals surface area contributed by atoms with Crippen LogP contribution < -0.4 is 16.8 Å². The number of carbonyl (C=O) groups is 4. The summed E-state index contributed by atoms with van der Waals surface area (Å²) < 4.78 is 0. The van der Waals surface area contributed by atoms with Crippen molar-refractivity contribution in [1.29, 1.82) is 0 Å². The summed E-state index contributed by atoms with van der Waals surface area (Å²) in [5.41, 5.74) is 12.3. The molecule has 1 aromatic carbocycles. The van der Waals surface area contributed by atoms with Gasteiger partial charge in [-0.1, -0.05) is 58.0 Å². The van der Waals surface area contributed by atoms with Crippen molar-refractivity contribution in [3.8, 4) is 0 Å². The van der Waals surface area contributed by atoms with Crippen LogP contribution in [-0.4, -0.2) is 41.9 Å². The molecule has 3 atom stereocenters. The van der Waals surface area contributed by atoms with E-state index in [1.165, 1.54) is 0 Å². The van der Waals surface area contributed by atoms with Gasteiger partial charge in [0, 0.05) is 18.8 Å². The Kier molecular flexibility index (Phi) is 10.5. The Labute approximate surface area is 209 Å². The predicted molar refractivity (Wildman–Crippen MR) is 136 cm³/mol. The molecule has 5 N–H and O–H groups in total. The number of nitrogens with two attached hydrogens (primary N) is 2. The summed E-state index contributed by atoms with van der Waals surface area (Å²) in [4.78, 5) is 51.9. The van der Waals surface area contributed by atoms with Gasteiger partial charge in [0.2, 0.25) is 5.91 Å². The quantitative estimate of drug-likeness (QED) is 0.238. The van der Waals surface area contributed by atoms with Gasteiger partial charge in [-0.05, 0) is 55.2 Å². The van der Waals surface area contributed by atoms with Crippen LogP contribution in [0.1, 0.15) is 65.4 Å². The molecule has 0 spiro atoms. The second kappa shape index (κ2) is 12.9. The molecule has 7 nitrogen and oxygen atoms in total. The topological polar surface area (TPSA) is 132 Å². The van der Waals surface area contributed by atoms with E-state index in [1.54, 1.807) is 0 Å². The number of Topliss-reactive ketones (excluding diaryl/α,β-unsaturated/α-hetero) is 3. The van der Waals surface area contributed by atoms with Crippen LogP contribution in [0.3, 0.4) is 0 Å². The molecule has 0 saturated heterocycles. The van der Waals surface area contributed by atoms with Gasteiger partial charge >= 0.3 is 0 Å². The molecule has 1 amide bonds. The highest BCUT2D eigenvalue weighted by molar-refractivity contribution is 6.22. The molecule has 2 rings (SSSR count). The second-order valence-electron chi connectivity index (χ2n) is 10.6. The summed E-state index contributed by atoms with van der Waals surface area (Å²) in [5, 5.41) is 2.83. The van der Waals surface area contributed by atoms with E-state index in [1.807, 2.05) is 58.0 Å². The van der Waals surface area contributed by atoms with Crippen molar-refractivity contribution in [3.63, 3.8) is 0 Å². The third-order valence-corrected chi connectivity index (χ3v) is 6.35. The van der Waals surface area contributed by atoms with Crippen molar-refractivity contribution in [2.45, 2.75) is 78.3 Å². The molecular weight excluding hydrogens is 442 g/mol. The molecule has 0 aliphatic heterocycles. The van der Waals surface area contributed by atoms with Gasteiger partial charge in [0.05, 0.1) is 17.7 Å². The number of amides is 1. The Morgan fingerprint density at radius 3 is 2.20 bits per heavy atom. The minimum Gasteiger partial charge on any atom is -0.345 e. The lowest BCUT2D eigenvalue weighted by Crippen LogP contribution is -2.51. The summed E-state index contributed by atoms with van der Waals surface area (Å²) >= 11 is 0. The van der Waals surface area contributed by atoms with Crippen molar-refractivity contribution in [3.05, 3.63) is 47.5 Å². The summed E-state index contributed by atoms with van der Waals surface area (Å²) in [7, 11) is 0. The molecule has 0 bridgehead atoms. The SMILES string of the molecule is CC(C)C([C]=C1C(=O)CC(C)(C)CC1=O)C(=O)[C@H](CCCCN)NC(=O)[C@@H](N)Cc1ccccc1. The number of carbonyl (C=O) groups excluding carboxylic acids is 4. The molecule has 1 fully saturated rings. The first-order valence-corrected chi connectivity index (χ1v) is 12.5. The summed E-state index contributed by atoms with van der Waals surface area (Å²) in [5.74, 6) is -2.25. The average Bonchev–Trinajstić information content (AvgIpc) is 2.77. The molecular formula is C28H40N3O4. The third-order valence-electron chi connectivity index (χ3n) is 6.35. The number of unbranched alkanes of at least 4 members (excludes halogenated alkanes) is 1. The first-order valence-electron chi connectivity index (χ1n) is 12.5. The molecule has 191 valence electrons. The van der Waals surface area contributed by atoms with Crippen LogP contribution in [0.5, 0.6) is 0 Å². The highest BCUT2D eigenvalue weighted by Crippen LogP contribution is 2.34. The minimum atomic E-state index is -0.814. The molecule has 35 heavy (non-hydrogen) atoms. The second-order valence-corrected chi connectivity index (χ2v) is 10.6. The summed E-state index contributed by atoms with van der Waals surface area (Å²) in [6.45, 7) is 7.93. The van der Waals surface area contributed by atoms with Crippen LogP contribution in [-0.2, 0) is 25.6 Å². The number of hydrogen-bond donors (Lipinski definition) is 3. The van der Waals surface area contributed by atoms with Crippen molar-refractivity contribution in [2.24, 2.45) is 28.7 Å². The van der Waals surface area contributed by atoms with Crippen LogP contribution in [0.4, 0.5) is 0 Å². The molecule has 0 aromatic heterocycles. The van der Waals surface area contributed by atoms with Crippen molar-refractivity contribution in [2.75, 3.05) is 6.54 Å². The molecule has 1 saturated carbocycles. The number of benzene rings is 1. The standard InChI is InChI=1S/C28H40N3O4/c1-18(2)20(15-21-24(32)16-28(3,4)17-25(21)33)26(34)23(12-8-9-13-29)31-27(35)22(30)14-19-10-6-5-7-11-19/h5-7,10-11,18,20,22-23H,8-9,12-14,16-17,29-30H2,1-4H3,(H,31,35)/t20?,22-,23-/m0/s1. The minimum absolute atomic E-state index is 0.0100. The lowest BCUT2D eigenvalue weighted by atomic mass is 9.72. The summed E-state index contributed by atoms with van der Waals surface area (Å²) in [6, 6.07) is 7.82. The molecule has 7 heteroatoms. The maximum atomic E-state index is 13.6. The Morgan fingerprint density at radius 1 is 1.06 bits per heavy atom. The van der Waals surface area contributed by atoms with E-state index in [0.717, 1.165) is 5.56 Å². The Morgan fingerprint density at radius 2 is 1.66 bits per heavy atom. The molecule has 1 aromatic rings. The molecule has 1 unspecified atom stereocenters. The predicted octanol–water partition coefficient (Wildman–Crippen LogP) is 2.70. The maximum Gasteiger partial charge on any atom is 0.237 e. The zero-order chi connectivity index (χ0) is 26.2. The van der Waals surface area contributed by atoms with E-state index in [0.29, 0.717) is 32.2 Å². The van der Waals surface area contributed by atoms with E-state index in [4.69, 9.17) is 11.5 Å². The zero-order valence-electron chi connectivity index (χ0n) is 21.4. The van der Waals surface area contributed by atoms with Crippen molar-refractivity contribution < 1.29 is 19.2 Å². The lowest BCUT2D eigenvalue weighted by molar-refractivity contribution is -0.131. The number of ketones is 3. The van der Waals surface area contributed by atoms with Crippen LogP contribution in [0, 0.1) is 23.3 Å². The van der Waals surface area contributed by atoms with Gasteiger partial charge in [-0.2, -0.15) is 0 Å². The first-order chi connectivity index (χ1) is 16.4. The first kappa shape index (κ1) is 28.6. The van der Waals surface area contributed by atoms with E-state index in [2.05, 4.69) is 11.4 Å². The fourth-order valence-electron chi connectivity index (χ4n) is 4.38. The number of rotatable bonds is 12. The summed E-state index contributed by atoms with van der Waals surface area (Å²) in [6.07, 6.45) is 5.55. The Hall–Kier alpha value is -2.64. The number of nitrogens with one attached hydrogen (secondary N) is 1. The van der Waals surface area contributed by atoms with E-state index in [9.17, 15) is 19.2 Å². The van der Waals surface area contributed by atoms with Gasteiger partial charge in [0.1, 0.15) is 0 Å². The Balaban J connectivity index is 2.23. The lowest BCUT2D eigenvalue weighted by Gasteiger charge is -2.30. The Bertz CT molecular complexity index is 915. The van der Waals surface area contributed by atoms with Crippen LogP contribution in [0.15, 0.2) is 35.9 Å². The highest BCUT2D eigenvalue weighted by atomic mass is 16.2.